The standard InChI is InChI=1S/C32H27ClFN3O2/c1-3-19-36(31(38)24-15-13-23(14-16-24)22-9-5-4-6-10-22)21(2)30-35-29-12-8-7-11-26(29)32(39)37(30)25-17-18-28(34)27(33)20-25/h4-18,20-21H,3,19H2,1-2H3. The van der Waals surface area contributed by atoms with Gasteiger partial charge in [0.25, 0.3) is 11.5 Å². The Bertz CT molecular complexity index is 1700. The lowest BCUT2D eigenvalue weighted by Gasteiger charge is -2.30. The molecule has 39 heavy (non-hydrogen) atoms. The van der Waals surface area contributed by atoms with Crippen molar-refractivity contribution in [3.63, 3.8) is 0 Å². The van der Waals surface area contributed by atoms with Gasteiger partial charge in [-0.1, -0.05) is 73.1 Å². The number of benzene rings is 4. The van der Waals surface area contributed by atoms with Crippen LogP contribution in [0.1, 0.15) is 42.5 Å². The molecule has 0 aliphatic heterocycles. The van der Waals surface area contributed by atoms with Gasteiger partial charge in [-0.15, -0.1) is 0 Å². The van der Waals surface area contributed by atoms with E-state index in [0.29, 0.717) is 40.9 Å². The number of para-hydroxylation sites is 1. The normalized spacial score (nSPS) is 11.9. The summed E-state index contributed by atoms with van der Waals surface area (Å²) in [5.41, 5.74) is 3.20. The van der Waals surface area contributed by atoms with Crippen LogP contribution in [0.3, 0.4) is 0 Å². The van der Waals surface area contributed by atoms with E-state index in [1.807, 2.05) is 74.5 Å². The molecule has 1 heterocycles. The fourth-order valence-electron chi connectivity index (χ4n) is 4.76. The van der Waals surface area contributed by atoms with Gasteiger partial charge in [-0.05, 0) is 66.9 Å². The summed E-state index contributed by atoms with van der Waals surface area (Å²) in [6.45, 7) is 4.30. The first kappa shape index (κ1) is 26.3. The van der Waals surface area contributed by atoms with Gasteiger partial charge >= 0.3 is 0 Å². The van der Waals surface area contributed by atoms with Gasteiger partial charge in [-0.25, -0.2) is 9.37 Å². The molecule has 1 aromatic heterocycles. The third kappa shape index (κ3) is 5.20. The zero-order valence-electron chi connectivity index (χ0n) is 21.6. The number of carbonyl (C=O) groups is 1. The topological polar surface area (TPSA) is 55.2 Å². The van der Waals surface area contributed by atoms with Crippen LogP contribution in [0, 0.1) is 5.82 Å². The van der Waals surface area contributed by atoms with Crippen molar-refractivity contribution in [1.82, 2.24) is 14.5 Å². The van der Waals surface area contributed by atoms with Crippen LogP contribution in [-0.4, -0.2) is 26.9 Å². The summed E-state index contributed by atoms with van der Waals surface area (Å²) in [6, 6.07) is 28.0. The minimum atomic E-state index is -0.585. The predicted octanol–water partition coefficient (Wildman–Crippen LogP) is 7.46. The van der Waals surface area contributed by atoms with Crippen LogP contribution in [0.4, 0.5) is 4.39 Å². The largest absolute Gasteiger partial charge is 0.329 e. The average Bonchev–Trinajstić information content (AvgIpc) is 2.97. The number of rotatable bonds is 7. The molecule has 0 radical (unpaired) electrons. The molecule has 5 rings (SSSR count). The molecular formula is C32H27ClFN3O2. The van der Waals surface area contributed by atoms with Crippen molar-refractivity contribution in [3.05, 3.63) is 130 Å². The van der Waals surface area contributed by atoms with E-state index in [4.69, 9.17) is 16.6 Å². The third-order valence-electron chi connectivity index (χ3n) is 6.77. The molecule has 0 saturated heterocycles. The molecule has 0 N–H and O–H groups in total. The maximum absolute atomic E-state index is 14.0. The van der Waals surface area contributed by atoms with Crippen molar-refractivity contribution in [1.29, 1.82) is 0 Å². The van der Waals surface area contributed by atoms with Gasteiger partial charge in [0.1, 0.15) is 11.6 Å². The van der Waals surface area contributed by atoms with Gasteiger partial charge in [-0.3, -0.25) is 14.2 Å². The van der Waals surface area contributed by atoms with Gasteiger partial charge in [-0.2, -0.15) is 0 Å². The second kappa shape index (κ2) is 11.2. The van der Waals surface area contributed by atoms with Gasteiger partial charge < -0.3 is 4.90 Å². The van der Waals surface area contributed by atoms with Gasteiger partial charge in [0.2, 0.25) is 0 Å². The van der Waals surface area contributed by atoms with Crippen LogP contribution >= 0.6 is 11.6 Å². The fourth-order valence-corrected chi connectivity index (χ4v) is 4.93. The molecule has 0 spiro atoms. The first-order valence-electron chi connectivity index (χ1n) is 12.8. The number of nitrogens with zero attached hydrogens (tertiary/aromatic N) is 3. The van der Waals surface area contributed by atoms with E-state index in [1.54, 1.807) is 23.1 Å². The minimum absolute atomic E-state index is 0.105. The second-order valence-electron chi connectivity index (χ2n) is 9.34. The van der Waals surface area contributed by atoms with E-state index in [0.717, 1.165) is 11.1 Å². The van der Waals surface area contributed by atoms with Gasteiger partial charge in [0, 0.05) is 12.1 Å². The quantitative estimate of drug-likeness (QED) is 0.216. The van der Waals surface area contributed by atoms with Crippen LogP contribution < -0.4 is 5.56 Å². The summed E-state index contributed by atoms with van der Waals surface area (Å²) in [5.74, 6) is -0.391. The molecule has 0 bridgehead atoms. The van der Waals surface area contributed by atoms with Crippen LogP contribution in [0.25, 0.3) is 27.7 Å². The molecule has 1 unspecified atom stereocenters. The van der Waals surface area contributed by atoms with Crippen molar-refractivity contribution >= 4 is 28.4 Å². The monoisotopic (exact) mass is 539 g/mol. The Morgan fingerprint density at radius 2 is 1.62 bits per heavy atom. The number of halogens is 2. The maximum Gasteiger partial charge on any atom is 0.266 e. The highest BCUT2D eigenvalue weighted by Crippen LogP contribution is 2.27. The lowest BCUT2D eigenvalue weighted by molar-refractivity contribution is 0.0681. The van der Waals surface area contributed by atoms with Crippen LogP contribution in [0.5, 0.6) is 0 Å². The molecule has 5 aromatic rings. The molecular weight excluding hydrogens is 513 g/mol. The number of hydrogen-bond donors (Lipinski definition) is 0. The Morgan fingerprint density at radius 1 is 0.949 bits per heavy atom. The fraction of sp³-hybridized carbons (Fsp3) is 0.156. The van der Waals surface area contributed by atoms with E-state index in [-0.39, 0.29) is 16.5 Å². The molecule has 1 atom stereocenters. The van der Waals surface area contributed by atoms with Crippen molar-refractivity contribution in [2.75, 3.05) is 6.54 Å². The smallest absolute Gasteiger partial charge is 0.266 e. The summed E-state index contributed by atoms with van der Waals surface area (Å²) in [4.78, 5) is 34.1. The summed E-state index contributed by atoms with van der Waals surface area (Å²) < 4.78 is 15.4. The SMILES string of the molecule is CCCN(C(=O)c1ccc(-c2ccccc2)cc1)C(C)c1nc2ccccc2c(=O)n1-c1ccc(F)c(Cl)c1. The summed E-state index contributed by atoms with van der Waals surface area (Å²) in [5, 5.41) is 0.310. The Labute approximate surface area is 231 Å². The maximum atomic E-state index is 14.0. The van der Waals surface area contributed by atoms with E-state index in [9.17, 15) is 14.0 Å². The second-order valence-corrected chi connectivity index (χ2v) is 9.75. The van der Waals surface area contributed by atoms with Crippen molar-refractivity contribution in [3.8, 4) is 16.8 Å². The molecule has 1 amide bonds. The summed E-state index contributed by atoms with van der Waals surface area (Å²) in [7, 11) is 0. The molecule has 7 heteroatoms. The van der Waals surface area contributed by atoms with Crippen molar-refractivity contribution in [2.24, 2.45) is 0 Å². The molecule has 5 nitrogen and oxygen atoms in total. The predicted molar refractivity (Wildman–Crippen MR) is 154 cm³/mol. The molecule has 0 fully saturated rings. The number of carbonyl (C=O) groups excluding carboxylic acids is 1. The van der Waals surface area contributed by atoms with E-state index in [2.05, 4.69) is 0 Å². The highest BCUT2D eigenvalue weighted by Gasteiger charge is 2.27. The average molecular weight is 540 g/mol. The zero-order valence-corrected chi connectivity index (χ0v) is 22.4. The minimum Gasteiger partial charge on any atom is -0.329 e. The van der Waals surface area contributed by atoms with Crippen LogP contribution in [0.2, 0.25) is 5.02 Å². The number of aromatic nitrogens is 2. The van der Waals surface area contributed by atoms with Gasteiger partial charge in [0.05, 0.1) is 27.7 Å². The summed E-state index contributed by atoms with van der Waals surface area (Å²) >= 11 is 6.09. The summed E-state index contributed by atoms with van der Waals surface area (Å²) in [6.07, 6.45) is 0.707. The third-order valence-corrected chi connectivity index (χ3v) is 7.06. The van der Waals surface area contributed by atoms with Crippen LogP contribution in [-0.2, 0) is 0 Å². The van der Waals surface area contributed by atoms with Crippen molar-refractivity contribution in [2.45, 2.75) is 26.3 Å². The van der Waals surface area contributed by atoms with E-state index >= 15 is 0 Å². The van der Waals surface area contributed by atoms with E-state index < -0.39 is 11.9 Å². The van der Waals surface area contributed by atoms with Crippen molar-refractivity contribution < 1.29 is 9.18 Å². The van der Waals surface area contributed by atoms with Crippen LogP contribution in [0.15, 0.2) is 102 Å². The van der Waals surface area contributed by atoms with Gasteiger partial charge in [0.15, 0.2) is 0 Å². The highest BCUT2D eigenvalue weighted by molar-refractivity contribution is 6.30. The number of hydrogen-bond acceptors (Lipinski definition) is 3. The van der Waals surface area contributed by atoms with E-state index in [1.165, 1.54) is 22.8 Å². The number of amides is 1. The number of fused-ring (bicyclic) bond motifs is 1. The Hall–Kier alpha value is -4.29. The molecule has 0 aliphatic rings. The lowest BCUT2D eigenvalue weighted by Crippen LogP contribution is -2.38. The molecule has 196 valence electrons. The first-order chi connectivity index (χ1) is 18.9. The first-order valence-corrected chi connectivity index (χ1v) is 13.2. The zero-order chi connectivity index (χ0) is 27.5. The Morgan fingerprint density at radius 3 is 2.31 bits per heavy atom. The molecule has 0 aliphatic carbocycles. The molecule has 4 aromatic carbocycles. The lowest BCUT2D eigenvalue weighted by atomic mass is 10.0. The Kier molecular flexibility index (Phi) is 7.57. The highest BCUT2D eigenvalue weighted by atomic mass is 35.5. The Balaban J connectivity index is 1.59. The molecule has 0 saturated carbocycles.